The van der Waals surface area contributed by atoms with Gasteiger partial charge in [-0.1, -0.05) is 30.3 Å². The highest BCUT2D eigenvalue weighted by atomic mass is 19.1. The van der Waals surface area contributed by atoms with Crippen molar-refractivity contribution < 1.29 is 19.0 Å². The van der Waals surface area contributed by atoms with Crippen molar-refractivity contribution in [1.29, 1.82) is 0 Å². The SMILES string of the molecule is O=C(OCc1ccccc1)N1CCC(O)[C@H](F)C1. The van der Waals surface area contributed by atoms with Crippen LogP contribution in [0.15, 0.2) is 30.3 Å². The van der Waals surface area contributed by atoms with Gasteiger partial charge in [0.2, 0.25) is 0 Å². The van der Waals surface area contributed by atoms with Crippen molar-refractivity contribution in [3.63, 3.8) is 0 Å². The summed E-state index contributed by atoms with van der Waals surface area (Å²) in [5.41, 5.74) is 0.889. The minimum absolute atomic E-state index is 0.102. The van der Waals surface area contributed by atoms with E-state index in [0.29, 0.717) is 6.54 Å². The van der Waals surface area contributed by atoms with E-state index in [0.717, 1.165) is 5.56 Å². The Balaban J connectivity index is 1.82. The average Bonchev–Trinajstić information content (AvgIpc) is 2.40. The van der Waals surface area contributed by atoms with Gasteiger partial charge in [0.15, 0.2) is 0 Å². The number of benzene rings is 1. The first-order valence-corrected chi connectivity index (χ1v) is 5.94. The summed E-state index contributed by atoms with van der Waals surface area (Å²) in [6, 6.07) is 9.30. The lowest BCUT2D eigenvalue weighted by Gasteiger charge is -2.31. The molecule has 0 radical (unpaired) electrons. The number of rotatable bonds is 2. The second-order valence-corrected chi connectivity index (χ2v) is 4.36. The first kappa shape index (κ1) is 12.8. The topological polar surface area (TPSA) is 49.8 Å². The molecule has 1 N–H and O–H groups in total. The van der Waals surface area contributed by atoms with Gasteiger partial charge in [-0.2, -0.15) is 0 Å². The van der Waals surface area contributed by atoms with Crippen LogP contribution in [0.2, 0.25) is 0 Å². The highest BCUT2D eigenvalue weighted by Gasteiger charge is 2.30. The maximum atomic E-state index is 13.3. The monoisotopic (exact) mass is 253 g/mol. The zero-order valence-electron chi connectivity index (χ0n) is 9.96. The number of amides is 1. The third-order valence-corrected chi connectivity index (χ3v) is 2.97. The highest BCUT2D eigenvalue weighted by Crippen LogP contribution is 2.15. The van der Waals surface area contributed by atoms with Gasteiger partial charge >= 0.3 is 6.09 Å². The van der Waals surface area contributed by atoms with Crippen LogP contribution >= 0.6 is 0 Å². The second-order valence-electron chi connectivity index (χ2n) is 4.36. The molecule has 0 spiro atoms. The number of piperidine rings is 1. The highest BCUT2D eigenvalue weighted by molar-refractivity contribution is 5.67. The molecule has 5 heteroatoms. The number of halogens is 1. The minimum atomic E-state index is -1.39. The number of carbonyl (C=O) groups excluding carboxylic acids is 1. The molecule has 1 heterocycles. The van der Waals surface area contributed by atoms with E-state index in [-0.39, 0.29) is 19.6 Å². The Kier molecular flexibility index (Phi) is 4.15. The molecule has 0 aliphatic carbocycles. The number of hydrogen-bond acceptors (Lipinski definition) is 3. The Labute approximate surface area is 105 Å². The normalized spacial score (nSPS) is 23.8. The predicted octanol–water partition coefficient (Wildman–Crippen LogP) is 1.73. The minimum Gasteiger partial charge on any atom is -0.445 e. The molecule has 1 aromatic rings. The second kappa shape index (κ2) is 5.82. The Morgan fingerprint density at radius 3 is 2.83 bits per heavy atom. The summed E-state index contributed by atoms with van der Waals surface area (Å²) >= 11 is 0. The molecule has 1 aromatic carbocycles. The lowest BCUT2D eigenvalue weighted by Crippen LogP contribution is -2.47. The zero-order chi connectivity index (χ0) is 13.0. The van der Waals surface area contributed by atoms with Crippen molar-refractivity contribution in [3.05, 3.63) is 35.9 Å². The van der Waals surface area contributed by atoms with Crippen LogP contribution in [0.4, 0.5) is 9.18 Å². The van der Waals surface area contributed by atoms with Gasteiger partial charge in [-0.05, 0) is 12.0 Å². The van der Waals surface area contributed by atoms with Crippen molar-refractivity contribution >= 4 is 6.09 Å². The molecule has 18 heavy (non-hydrogen) atoms. The van der Waals surface area contributed by atoms with E-state index < -0.39 is 18.4 Å². The molecule has 1 unspecified atom stereocenters. The first-order valence-electron chi connectivity index (χ1n) is 5.94. The standard InChI is InChI=1S/C13H16FNO3/c14-11-8-15(7-6-12(11)16)13(17)18-9-10-4-2-1-3-5-10/h1-5,11-12,16H,6-9H2/t11-,12?/m1/s1. The molecule has 0 saturated carbocycles. The summed E-state index contributed by atoms with van der Waals surface area (Å²) in [4.78, 5) is 13.0. The van der Waals surface area contributed by atoms with Crippen molar-refractivity contribution in [1.82, 2.24) is 4.90 Å². The van der Waals surface area contributed by atoms with Crippen LogP contribution < -0.4 is 0 Å². The number of hydrogen-bond donors (Lipinski definition) is 1. The third-order valence-electron chi connectivity index (χ3n) is 2.97. The van der Waals surface area contributed by atoms with Gasteiger partial charge in [0.25, 0.3) is 0 Å². The van der Waals surface area contributed by atoms with Gasteiger partial charge in [-0.3, -0.25) is 0 Å². The zero-order valence-corrected chi connectivity index (χ0v) is 9.96. The Morgan fingerprint density at radius 1 is 1.44 bits per heavy atom. The van der Waals surface area contributed by atoms with E-state index >= 15 is 0 Å². The molecule has 1 saturated heterocycles. The first-order chi connectivity index (χ1) is 8.66. The van der Waals surface area contributed by atoms with Crippen molar-refractivity contribution in [2.24, 2.45) is 0 Å². The van der Waals surface area contributed by atoms with Crippen LogP contribution in [0.3, 0.4) is 0 Å². The largest absolute Gasteiger partial charge is 0.445 e. The lowest BCUT2D eigenvalue weighted by atomic mass is 10.1. The predicted molar refractivity (Wildman–Crippen MR) is 63.7 cm³/mol. The Morgan fingerprint density at radius 2 is 2.17 bits per heavy atom. The van der Waals surface area contributed by atoms with Crippen LogP contribution in [0.25, 0.3) is 0 Å². The number of nitrogens with zero attached hydrogens (tertiary/aromatic N) is 1. The molecular weight excluding hydrogens is 237 g/mol. The van der Waals surface area contributed by atoms with Crippen LogP contribution in [-0.4, -0.2) is 41.5 Å². The van der Waals surface area contributed by atoms with Crippen LogP contribution in [0.5, 0.6) is 0 Å². The molecule has 1 amide bonds. The Hall–Kier alpha value is -1.62. The van der Waals surface area contributed by atoms with Crippen LogP contribution in [0, 0.1) is 0 Å². The molecule has 1 fully saturated rings. The van der Waals surface area contributed by atoms with Crippen LogP contribution in [0.1, 0.15) is 12.0 Å². The number of carbonyl (C=O) groups is 1. The summed E-state index contributed by atoms with van der Waals surface area (Å²) in [6.45, 7) is 0.402. The number of likely N-dealkylation sites (tertiary alicyclic amines) is 1. The summed E-state index contributed by atoms with van der Waals surface area (Å²) in [5.74, 6) is 0. The molecule has 98 valence electrons. The van der Waals surface area contributed by atoms with Gasteiger partial charge in [0.05, 0.1) is 12.6 Å². The van der Waals surface area contributed by atoms with Gasteiger partial charge in [0.1, 0.15) is 12.8 Å². The van der Waals surface area contributed by atoms with E-state index in [4.69, 9.17) is 4.74 Å². The van der Waals surface area contributed by atoms with Crippen molar-refractivity contribution in [2.45, 2.75) is 25.3 Å². The van der Waals surface area contributed by atoms with E-state index in [1.54, 1.807) is 0 Å². The fraction of sp³-hybridized carbons (Fsp3) is 0.462. The van der Waals surface area contributed by atoms with Crippen molar-refractivity contribution in [3.8, 4) is 0 Å². The van der Waals surface area contributed by atoms with Gasteiger partial charge in [0, 0.05) is 6.54 Å². The molecule has 2 atom stereocenters. The maximum Gasteiger partial charge on any atom is 0.410 e. The van der Waals surface area contributed by atoms with E-state index in [1.807, 2.05) is 30.3 Å². The molecule has 1 aliphatic heterocycles. The average molecular weight is 253 g/mol. The molecular formula is C13H16FNO3. The number of aliphatic hydroxyl groups is 1. The smallest absolute Gasteiger partial charge is 0.410 e. The molecule has 2 rings (SSSR count). The summed E-state index contributed by atoms with van der Waals surface area (Å²) < 4.78 is 18.3. The molecule has 4 nitrogen and oxygen atoms in total. The van der Waals surface area contributed by atoms with Gasteiger partial charge in [-0.25, -0.2) is 9.18 Å². The summed E-state index contributed by atoms with van der Waals surface area (Å²) in [7, 11) is 0. The fourth-order valence-corrected chi connectivity index (χ4v) is 1.87. The van der Waals surface area contributed by atoms with Crippen LogP contribution in [-0.2, 0) is 11.3 Å². The fourth-order valence-electron chi connectivity index (χ4n) is 1.87. The number of alkyl halides is 1. The maximum absolute atomic E-state index is 13.3. The van der Waals surface area contributed by atoms with Gasteiger partial charge < -0.3 is 14.7 Å². The van der Waals surface area contributed by atoms with E-state index in [2.05, 4.69) is 0 Å². The van der Waals surface area contributed by atoms with E-state index in [1.165, 1.54) is 4.90 Å². The Bertz CT molecular complexity index is 398. The molecule has 1 aliphatic rings. The van der Waals surface area contributed by atoms with E-state index in [9.17, 15) is 14.3 Å². The third kappa shape index (κ3) is 3.20. The number of aliphatic hydroxyl groups excluding tert-OH is 1. The summed E-state index contributed by atoms with van der Waals surface area (Å²) in [6.07, 6.45) is -2.64. The van der Waals surface area contributed by atoms with Crippen molar-refractivity contribution in [2.75, 3.05) is 13.1 Å². The summed E-state index contributed by atoms with van der Waals surface area (Å²) in [5, 5.41) is 9.23. The molecule has 0 aromatic heterocycles. The lowest BCUT2D eigenvalue weighted by molar-refractivity contribution is 0.00255. The van der Waals surface area contributed by atoms with Gasteiger partial charge in [-0.15, -0.1) is 0 Å². The number of ether oxygens (including phenoxy) is 1. The quantitative estimate of drug-likeness (QED) is 0.873. The molecule has 0 bridgehead atoms.